The molecule has 1 N–H and O–H groups in total. The fraction of sp³-hybridized carbons (Fsp3) is 0.318. The maximum Gasteiger partial charge on any atom is 0.233 e. The van der Waals surface area contributed by atoms with E-state index in [1.807, 2.05) is 4.90 Å². The molecule has 156 valence electrons. The van der Waals surface area contributed by atoms with Crippen LogP contribution in [0.4, 0.5) is 4.39 Å². The van der Waals surface area contributed by atoms with Crippen molar-refractivity contribution in [3.8, 4) is 11.4 Å². The number of aromatic amines is 1. The largest absolute Gasteiger partial charge is 0.339 e. The van der Waals surface area contributed by atoms with E-state index in [2.05, 4.69) is 51.3 Å². The third-order valence-corrected chi connectivity index (χ3v) is 5.96. The Kier molecular flexibility index (Phi) is 6.44. The Bertz CT molecular complexity index is 1020. The molecule has 4 rings (SSSR count). The van der Waals surface area contributed by atoms with Gasteiger partial charge in [0.2, 0.25) is 11.1 Å². The molecule has 8 heteroatoms. The Morgan fingerprint density at radius 2 is 1.93 bits per heavy atom. The van der Waals surface area contributed by atoms with Crippen molar-refractivity contribution in [3.63, 3.8) is 0 Å². The van der Waals surface area contributed by atoms with Gasteiger partial charge in [0.1, 0.15) is 5.82 Å². The minimum Gasteiger partial charge on any atom is -0.339 e. The molecule has 1 aliphatic rings. The minimum absolute atomic E-state index is 0.0763. The highest BCUT2D eigenvalue weighted by molar-refractivity contribution is 7.99. The van der Waals surface area contributed by atoms with Gasteiger partial charge in [0.05, 0.1) is 11.3 Å². The van der Waals surface area contributed by atoms with E-state index in [-0.39, 0.29) is 17.5 Å². The van der Waals surface area contributed by atoms with Gasteiger partial charge in [0, 0.05) is 32.7 Å². The number of H-pyrrole nitrogens is 1. The number of nitrogens with one attached hydrogen (secondary N) is 1. The second-order valence-corrected chi connectivity index (χ2v) is 8.32. The summed E-state index contributed by atoms with van der Waals surface area (Å²) in [5.41, 5.74) is 2.94. The van der Waals surface area contributed by atoms with Gasteiger partial charge in [-0.25, -0.2) is 9.37 Å². The number of thioether (sulfide) groups is 1. The van der Waals surface area contributed by atoms with Crippen LogP contribution in [0.1, 0.15) is 11.1 Å². The van der Waals surface area contributed by atoms with E-state index in [4.69, 9.17) is 0 Å². The first-order valence-electron chi connectivity index (χ1n) is 9.94. The number of hydrogen-bond donors (Lipinski definition) is 1. The molecule has 1 fully saturated rings. The first-order valence-corrected chi connectivity index (χ1v) is 10.9. The number of aromatic nitrogens is 3. The van der Waals surface area contributed by atoms with Crippen LogP contribution in [0.2, 0.25) is 0 Å². The number of aryl methyl sites for hydroxylation is 1. The molecule has 0 radical (unpaired) electrons. The van der Waals surface area contributed by atoms with Crippen molar-refractivity contribution in [2.45, 2.75) is 18.6 Å². The lowest BCUT2D eigenvalue weighted by atomic mass is 10.1. The Hall–Kier alpha value is -2.71. The van der Waals surface area contributed by atoms with Gasteiger partial charge in [-0.05, 0) is 24.6 Å². The Labute approximate surface area is 179 Å². The zero-order chi connectivity index (χ0) is 20.9. The van der Waals surface area contributed by atoms with E-state index in [0.29, 0.717) is 16.5 Å². The van der Waals surface area contributed by atoms with E-state index < -0.39 is 0 Å². The van der Waals surface area contributed by atoms with Crippen molar-refractivity contribution in [3.05, 3.63) is 65.5 Å². The van der Waals surface area contributed by atoms with E-state index >= 15 is 0 Å². The molecule has 1 amide bonds. The van der Waals surface area contributed by atoms with Crippen molar-refractivity contribution in [1.29, 1.82) is 0 Å². The number of carbonyl (C=O) groups is 1. The monoisotopic (exact) mass is 425 g/mol. The summed E-state index contributed by atoms with van der Waals surface area (Å²) < 4.78 is 13.9. The van der Waals surface area contributed by atoms with E-state index in [1.165, 1.54) is 29.0 Å². The predicted molar refractivity (Wildman–Crippen MR) is 116 cm³/mol. The summed E-state index contributed by atoms with van der Waals surface area (Å²) >= 11 is 1.27. The normalized spacial score (nSPS) is 14.8. The van der Waals surface area contributed by atoms with Gasteiger partial charge in [-0.2, -0.15) is 0 Å². The van der Waals surface area contributed by atoms with E-state index in [9.17, 15) is 9.18 Å². The van der Waals surface area contributed by atoms with E-state index in [1.54, 1.807) is 18.2 Å². The molecular formula is C22H24FN5OS. The van der Waals surface area contributed by atoms with Crippen LogP contribution in [0.5, 0.6) is 0 Å². The smallest absolute Gasteiger partial charge is 0.233 e. The lowest BCUT2D eigenvalue weighted by Gasteiger charge is -2.34. The maximum absolute atomic E-state index is 13.9. The van der Waals surface area contributed by atoms with Crippen molar-refractivity contribution < 1.29 is 9.18 Å². The second-order valence-electron chi connectivity index (χ2n) is 7.38. The first-order chi connectivity index (χ1) is 14.6. The Morgan fingerprint density at radius 3 is 2.70 bits per heavy atom. The number of nitrogens with zero attached hydrogens (tertiary/aromatic N) is 4. The minimum atomic E-state index is -0.357. The number of amides is 1. The van der Waals surface area contributed by atoms with Gasteiger partial charge in [-0.15, -0.1) is 5.10 Å². The van der Waals surface area contributed by atoms with Crippen LogP contribution < -0.4 is 0 Å². The summed E-state index contributed by atoms with van der Waals surface area (Å²) in [6.45, 7) is 6.18. The summed E-state index contributed by atoms with van der Waals surface area (Å²) in [5.74, 6) is 0.358. The standard InChI is InChI=1S/C22H24FN5OS/c1-16-5-4-6-17(13-16)14-27-9-11-28(12-10-27)20(29)15-30-22-24-21(25-26-22)18-7-2-3-8-19(18)23/h2-8,13H,9-12,14-15H2,1H3,(H,24,25,26). The van der Waals surface area contributed by atoms with Crippen LogP contribution in [0, 0.1) is 12.7 Å². The fourth-order valence-corrected chi connectivity index (χ4v) is 4.23. The lowest BCUT2D eigenvalue weighted by Crippen LogP contribution is -2.48. The molecule has 0 unspecified atom stereocenters. The van der Waals surface area contributed by atoms with Crippen LogP contribution in [0.15, 0.2) is 53.7 Å². The van der Waals surface area contributed by atoms with Crippen LogP contribution in [-0.4, -0.2) is 62.8 Å². The Balaban J connectivity index is 1.25. The topological polar surface area (TPSA) is 65.1 Å². The van der Waals surface area contributed by atoms with Crippen LogP contribution in [0.25, 0.3) is 11.4 Å². The van der Waals surface area contributed by atoms with Crippen LogP contribution in [-0.2, 0) is 11.3 Å². The van der Waals surface area contributed by atoms with Crippen LogP contribution in [0.3, 0.4) is 0 Å². The van der Waals surface area contributed by atoms with Gasteiger partial charge in [-0.3, -0.25) is 14.8 Å². The average Bonchev–Trinajstić information content (AvgIpc) is 3.22. The van der Waals surface area contributed by atoms with Crippen LogP contribution >= 0.6 is 11.8 Å². The number of benzene rings is 2. The zero-order valence-corrected chi connectivity index (χ0v) is 17.7. The van der Waals surface area contributed by atoms with Gasteiger partial charge in [-0.1, -0.05) is 53.7 Å². The maximum atomic E-state index is 13.9. The number of hydrogen-bond acceptors (Lipinski definition) is 5. The second kappa shape index (κ2) is 9.40. The molecule has 0 atom stereocenters. The lowest BCUT2D eigenvalue weighted by molar-refractivity contribution is -0.130. The average molecular weight is 426 g/mol. The van der Waals surface area contributed by atoms with E-state index in [0.717, 1.165) is 32.7 Å². The quantitative estimate of drug-likeness (QED) is 0.614. The van der Waals surface area contributed by atoms with Crippen molar-refractivity contribution in [2.75, 3.05) is 31.9 Å². The molecular weight excluding hydrogens is 401 g/mol. The van der Waals surface area contributed by atoms with Gasteiger partial charge >= 0.3 is 0 Å². The highest BCUT2D eigenvalue weighted by atomic mass is 32.2. The molecule has 0 spiro atoms. The molecule has 1 saturated heterocycles. The molecule has 1 aromatic heterocycles. The van der Waals surface area contributed by atoms with Gasteiger partial charge < -0.3 is 4.90 Å². The molecule has 0 saturated carbocycles. The van der Waals surface area contributed by atoms with Crippen molar-refractivity contribution in [1.82, 2.24) is 25.0 Å². The number of rotatable bonds is 6. The molecule has 6 nitrogen and oxygen atoms in total. The summed E-state index contributed by atoms with van der Waals surface area (Å²) in [7, 11) is 0. The van der Waals surface area contributed by atoms with Crippen molar-refractivity contribution in [2.24, 2.45) is 0 Å². The molecule has 2 aromatic carbocycles. The van der Waals surface area contributed by atoms with Gasteiger partial charge in [0.25, 0.3) is 0 Å². The zero-order valence-electron chi connectivity index (χ0n) is 16.8. The summed E-state index contributed by atoms with van der Waals surface area (Å²) in [5, 5.41) is 7.29. The third kappa shape index (κ3) is 5.06. The van der Waals surface area contributed by atoms with Gasteiger partial charge in [0.15, 0.2) is 5.82 Å². The first kappa shape index (κ1) is 20.6. The molecule has 0 aliphatic carbocycles. The van der Waals surface area contributed by atoms with Crippen molar-refractivity contribution >= 4 is 17.7 Å². The number of piperazine rings is 1. The molecule has 1 aliphatic heterocycles. The molecule has 0 bridgehead atoms. The highest BCUT2D eigenvalue weighted by Crippen LogP contribution is 2.22. The molecule has 2 heterocycles. The highest BCUT2D eigenvalue weighted by Gasteiger charge is 2.22. The molecule has 3 aromatic rings. The number of halogens is 1. The summed E-state index contributed by atoms with van der Waals surface area (Å²) in [6, 6.07) is 14.9. The fourth-order valence-electron chi connectivity index (χ4n) is 3.53. The summed E-state index contributed by atoms with van der Waals surface area (Å²) in [6.07, 6.45) is 0. The summed E-state index contributed by atoms with van der Waals surface area (Å²) in [4.78, 5) is 21.1. The number of carbonyl (C=O) groups excluding carboxylic acids is 1. The Morgan fingerprint density at radius 1 is 1.13 bits per heavy atom. The SMILES string of the molecule is Cc1cccc(CN2CCN(C(=O)CSc3n[nH]c(-c4ccccc4F)n3)CC2)c1. The third-order valence-electron chi connectivity index (χ3n) is 5.13. The molecule has 30 heavy (non-hydrogen) atoms. The predicted octanol–water partition coefficient (Wildman–Crippen LogP) is 3.36.